The van der Waals surface area contributed by atoms with Crippen LogP contribution in [-0.4, -0.2) is 10.2 Å². The Morgan fingerprint density at radius 2 is 2.42 bits per heavy atom. The predicted molar refractivity (Wildman–Crippen MR) is 45.5 cm³/mol. The molecule has 0 aliphatic heterocycles. The molecule has 62 valence electrons. The highest BCUT2D eigenvalue weighted by Gasteiger charge is 2.06. The minimum Gasteiger partial charge on any atom is -0.419 e. The molecule has 0 saturated heterocycles. The zero-order valence-electron chi connectivity index (χ0n) is 6.23. The molecule has 2 N–H and O–H groups in total. The van der Waals surface area contributed by atoms with Gasteiger partial charge in [0.25, 0.3) is 0 Å². The molecule has 4 nitrogen and oxygen atoms in total. The Morgan fingerprint density at radius 3 is 3.00 bits per heavy atom. The van der Waals surface area contributed by atoms with Gasteiger partial charge in [0.15, 0.2) is 0 Å². The highest BCUT2D eigenvalue weighted by molar-refractivity contribution is 7.08. The number of rotatable bonds is 2. The van der Waals surface area contributed by atoms with Gasteiger partial charge in [-0.1, -0.05) is 0 Å². The van der Waals surface area contributed by atoms with Crippen LogP contribution in [0, 0.1) is 0 Å². The van der Waals surface area contributed by atoms with E-state index in [1.54, 1.807) is 11.3 Å². The molecule has 0 fully saturated rings. The van der Waals surface area contributed by atoms with Crippen LogP contribution in [0.4, 0.5) is 0 Å². The molecule has 0 aliphatic rings. The Kier molecular flexibility index (Phi) is 1.89. The van der Waals surface area contributed by atoms with Crippen LogP contribution in [0.25, 0.3) is 11.5 Å². The minimum atomic E-state index is 0.289. The standard InChI is InChI=1S/C7H7N3OS/c8-3-6-9-10-7(11-6)5-1-2-12-4-5/h1-2,4H,3,8H2. The van der Waals surface area contributed by atoms with Crippen molar-refractivity contribution in [2.45, 2.75) is 6.54 Å². The van der Waals surface area contributed by atoms with Gasteiger partial charge < -0.3 is 10.2 Å². The molecule has 0 saturated carbocycles. The van der Waals surface area contributed by atoms with Crippen molar-refractivity contribution in [3.8, 4) is 11.5 Å². The number of aromatic nitrogens is 2. The maximum absolute atomic E-state index is 5.32. The molecule has 0 atom stereocenters. The van der Waals surface area contributed by atoms with Gasteiger partial charge in [0.05, 0.1) is 6.54 Å². The summed E-state index contributed by atoms with van der Waals surface area (Å²) in [7, 11) is 0. The molecule has 12 heavy (non-hydrogen) atoms. The molecular weight excluding hydrogens is 174 g/mol. The molecule has 0 bridgehead atoms. The first-order valence-electron chi connectivity index (χ1n) is 3.45. The lowest BCUT2D eigenvalue weighted by Gasteiger charge is -1.84. The van der Waals surface area contributed by atoms with Gasteiger partial charge in [0.1, 0.15) is 0 Å². The van der Waals surface area contributed by atoms with E-state index in [2.05, 4.69) is 10.2 Å². The average molecular weight is 181 g/mol. The van der Waals surface area contributed by atoms with Gasteiger partial charge in [0, 0.05) is 10.9 Å². The summed E-state index contributed by atoms with van der Waals surface area (Å²) in [5, 5.41) is 11.5. The number of hydrogen-bond acceptors (Lipinski definition) is 5. The summed E-state index contributed by atoms with van der Waals surface area (Å²) in [6, 6.07) is 1.93. The smallest absolute Gasteiger partial charge is 0.248 e. The number of nitrogens with zero attached hydrogens (tertiary/aromatic N) is 2. The quantitative estimate of drug-likeness (QED) is 0.757. The molecule has 0 aromatic carbocycles. The highest BCUT2D eigenvalue weighted by Crippen LogP contribution is 2.19. The predicted octanol–water partition coefficient (Wildman–Crippen LogP) is 1.26. The fourth-order valence-electron chi connectivity index (χ4n) is 0.839. The van der Waals surface area contributed by atoms with Gasteiger partial charge in [-0.05, 0) is 11.4 Å². The lowest BCUT2D eigenvalue weighted by Crippen LogP contribution is -1.95. The van der Waals surface area contributed by atoms with E-state index in [0.29, 0.717) is 11.8 Å². The third-order valence-corrected chi connectivity index (χ3v) is 2.09. The third kappa shape index (κ3) is 1.24. The van der Waals surface area contributed by atoms with E-state index in [4.69, 9.17) is 10.2 Å². The Labute approximate surface area is 73.0 Å². The first kappa shape index (κ1) is 7.45. The normalized spacial score (nSPS) is 10.4. The van der Waals surface area contributed by atoms with Gasteiger partial charge in [-0.2, -0.15) is 11.3 Å². The summed E-state index contributed by atoms with van der Waals surface area (Å²) in [6.45, 7) is 0.289. The number of nitrogens with two attached hydrogens (primary N) is 1. The molecule has 0 radical (unpaired) electrons. The maximum Gasteiger partial charge on any atom is 0.248 e. The summed E-state index contributed by atoms with van der Waals surface area (Å²) in [5.41, 5.74) is 6.27. The van der Waals surface area contributed by atoms with Crippen molar-refractivity contribution < 1.29 is 4.42 Å². The molecule has 2 aromatic rings. The molecule has 0 spiro atoms. The molecule has 2 aromatic heterocycles. The van der Waals surface area contributed by atoms with Crippen LogP contribution < -0.4 is 5.73 Å². The van der Waals surface area contributed by atoms with Gasteiger partial charge in [-0.25, -0.2) is 0 Å². The van der Waals surface area contributed by atoms with Crippen molar-refractivity contribution in [1.29, 1.82) is 0 Å². The largest absolute Gasteiger partial charge is 0.419 e. The Bertz CT molecular complexity index is 354. The second-order valence-corrected chi connectivity index (χ2v) is 3.00. The molecule has 0 amide bonds. The van der Waals surface area contributed by atoms with E-state index in [9.17, 15) is 0 Å². The second kappa shape index (κ2) is 3.04. The summed E-state index contributed by atoms with van der Waals surface area (Å²) in [4.78, 5) is 0. The topological polar surface area (TPSA) is 64.9 Å². The van der Waals surface area contributed by atoms with Crippen LogP contribution in [-0.2, 0) is 6.54 Å². The summed E-state index contributed by atoms with van der Waals surface area (Å²) >= 11 is 1.59. The van der Waals surface area contributed by atoms with E-state index < -0.39 is 0 Å². The minimum absolute atomic E-state index is 0.289. The number of hydrogen-bond donors (Lipinski definition) is 1. The van der Waals surface area contributed by atoms with Crippen molar-refractivity contribution in [1.82, 2.24) is 10.2 Å². The Morgan fingerprint density at radius 1 is 1.50 bits per heavy atom. The van der Waals surface area contributed by atoms with E-state index >= 15 is 0 Å². The SMILES string of the molecule is NCc1nnc(-c2ccsc2)o1. The average Bonchev–Trinajstić information content (AvgIpc) is 2.75. The molecule has 0 unspecified atom stereocenters. The fourth-order valence-corrected chi connectivity index (χ4v) is 1.47. The molecule has 0 aliphatic carbocycles. The van der Waals surface area contributed by atoms with E-state index in [0.717, 1.165) is 5.56 Å². The zero-order valence-corrected chi connectivity index (χ0v) is 7.04. The van der Waals surface area contributed by atoms with Crippen LogP contribution in [0.2, 0.25) is 0 Å². The second-order valence-electron chi connectivity index (χ2n) is 2.22. The van der Waals surface area contributed by atoms with Crippen molar-refractivity contribution in [3.05, 3.63) is 22.7 Å². The highest BCUT2D eigenvalue weighted by atomic mass is 32.1. The van der Waals surface area contributed by atoms with Crippen molar-refractivity contribution in [3.63, 3.8) is 0 Å². The first-order valence-corrected chi connectivity index (χ1v) is 4.39. The van der Waals surface area contributed by atoms with Crippen LogP contribution in [0.15, 0.2) is 21.2 Å². The Balaban J connectivity index is 2.35. The van der Waals surface area contributed by atoms with Gasteiger partial charge in [0.2, 0.25) is 11.8 Å². The first-order chi connectivity index (χ1) is 5.90. The van der Waals surface area contributed by atoms with Crippen molar-refractivity contribution in [2.24, 2.45) is 5.73 Å². The number of thiophene rings is 1. The monoisotopic (exact) mass is 181 g/mol. The van der Waals surface area contributed by atoms with Gasteiger partial charge in [-0.3, -0.25) is 0 Å². The van der Waals surface area contributed by atoms with Gasteiger partial charge in [-0.15, -0.1) is 10.2 Å². The van der Waals surface area contributed by atoms with Crippen LogP contribution in [0.5, 0.6) is 0 Å². The summed E-state index contributed by atoms with van der Waals surface area (Å²) in [5.74, 6) is 1.01. The zero-order chi connectivity index (χ0) is 8.39. The fraction of sp³-hybridized carbons (Fsp3) is 0.143. The lowest BCUT2D eigenvalue weighted by atomic mass is 10.3. The van der Waals surface area contributed by atoms with E-state index in [1.807, 2.05) is 16.8 Å². The molecule has 5 heteroatoms. The van der Waals surface area contributed by atoms with Gasteiger partial charge >= 0.3 is 0 Å². The van der Waals surface area contributed by atoms with E-state index in [1.165, 1.54) is 0 Å². The summed E-state index contributed by atoms with van der Waals surface area (Å²) in [6.07, 6.45) is 0. The van der Waals surface area contributed by atoms with Crippen LogP contribution >= 0.6 is 11.3 Å². The maximum atomic E-state index is 5.32. The van der Waals surface area contributed by atoms with Crippen molar-refractivity contribution in [2.75, 3.05) is 0 Å². The molecular formula is C7H7N3OS. The van der Waals surface area contributed by atoms with Crippen molar-refractivity contribution >= 4 is 11.3 Å². The third-order valence-electron chi connectivity index (χ3n) is 1.41. The van der Waals surface area contributed by atoms with Crippen LogP contribution in [0.3, 0.4) is 0 Å². The summed E-state index contributed by atoms with van der Waals surface area (Å²) < 4.78 is 5.24. The Hall–Kier alpha value is -1.20. The molecule has 2 rings (SSSR count). The molecule has 2 heterocycles. The lowest BCUT2D eigenvalue weighted by molar-refractivity contribution is 0.509. The van der Waals surface area contributed by atoms with E-state index in [-0.39, 0.29) is 6.54 Å². The van der Waals surface area contributed by atoms with Crippen LogP contribution in [0.1, 0.15) is 5.89 Å².